The Kier molecular flexibility index (Phi) is 4.60. The molecule has 0 saturated carbocycles. The van der Waals surface area contributed by atoms with Crippen LogP contribution >= 0.6 is 0 Å². The second kappa shape index (κ2) is 6.64. The van der Waals surface area contributed by atoms with Crippen LogP contribution in [0.25, 0.3) is 0 Å². The van der Waals surface area contributed by atoms with Crippen molar-refractivity contribution < 1.29 is 0 Å². The predicted octanol–water partition coefficient (Wildman–Crippen LogP) is 3.84. The molecular formula is C20H26N2. The normalized spacial score (nSPS) is 22.7. The van der Waals surface area contributed by atoms with E-state index >= 15 is 0 Å². The van der Waals surface area contributed by atoms with Gasteiger partial charge in [-0.1, -0.05) is 59.7 Å². The van der Waals surface area contributed by atoms with Crippen LogP contribution in [-0.4, -0.2) is 24.0 Å². The van der Waals surface area contributed by atoms with Gasteiger partial charge in [-0.05, 0) is 31.9 Å². The molecule has 2 aromatic rings. The molecule has 2 unspecified atom stereocenters. The molecule has 22 heavy (non-hydrogen) atoms. The van der Waals surface area contributed by atoms with Gasteiger partial charge in [0.25, 0.3) is 0 Å². The maximum absolute atomic E-state index is 3.76. The minimum atomic E-state index is 0.422. The molecule has 3 rings (SSSR count). The van der Waals surface area contributed by atoms with Crippen LogP contribution in [-0.2, 0) is 6.54 Å². The first kappa shape index (κ1) is 15.3. The molecule has 2 aromatic carbocycles. The lowest BCUT2D eigenvalue weighted by Crippen LogP contribution is -2.50. The lowest BCUT2D eigenvalue weighted by Gasteiger charge is -2.38. The summed E-state index contributed by atoms with van der Waals surface area (Å²) in [5.41, 5.74) is 5.52. The maximum atomic E-state index is 3.76. The second-order valence-corrected chi connectivity index (χ2v) is 6.72. The summed E-state index contributed by atoms with van der Waals surface area (Å²) in [6, 6.07) is 18.6. The van der Waals surface area contributed by atoms with Gasteiger partial charge in [0.15, 0.2) is 0 Å². The van der Waals surface area contributed by atoms with E-state index in [0.29, 0.717) is 12.1 Å². The van der Waals surface area contributed by atoms with Gasteiger partial charge in [-0.3, -0.25) is 4.90 Å². The third kappa shape index (κ3) is 3.76. The summed E-state index contributed by atoms with van der Waals surface area (Å²) >= 11 is 0. The fourth-order valence-electron chi connectivity index (χ4n) is 3.55. The van der Waals surface area contributed by atoms with Crippen molar-refractivity contribution in [2.75, 3.05) is 13.1 Å². The van der Waals surface area contributed by atoms with Gasteiger partial charge in [0.1, 0.15) is 0 Å². The molecule has 0 spiro atoms. The van der Waals surface area contributed by atoms with E-state index in [4.69, 9.17) is 0 Å². The summed E-state index contributed by atoms with van der Waals surface area (Å²) in [7, 11) is 0. The molecule has 1 saturated heterocycles. The van der Waals surface area contributed by atoms with Gasteiger partial charge in [-0.25, -0.2) is 0 Å². The molecule has 0 aliphatic carbocycles. The van der Waals surface area contributed by atoms with Crippen molar-refractivity contribution >= 4 is 0 Å². The van der Waals surface area contributed by atoms with Crippen LogP contribution in [0.3, 0.4) is 0 Å². The number of hydrogen-bond acceptors (Lipinski definition) is 2. The molecule has 2 atom stereocenters. The number of hydrogen-bond donors (Lipinski definition) is 1. The number of aryl methyl sites for hydroxylation is 2. The Morgan fingerprint density at radius 3 is 2.36 bits per heavy atom. The third-order valence-corrected chi connectivity index (χ3v) is 4.35. The number of nitrogens with one attached hydrogen (secondary N) is 1. The summed E-state index contributed by atoms with van der Waals surface area (Å²) in [5, 5.41) is 3.76. The smallest absolute Gasteiger partial charge is 0.0452 e. The number of benzene rings is 2. The van der Waals surface area contributed by atoms with E-state index in [1.165, 1.54) is 22.3 Å². The molecule has 116 valence electrons. The summed E-state index contributed by atoms with van der Waals surface area (Å²) in [6.45, 7) is 9.87. The lowest BCUT2D eigenvalue weighted by molar-refractivity contribution is 0.160. The summed E-state index contributed by atoms with van der Waals surface area (Å²) in [6.07, 6.45) is 0. The van der Waals surface area contributed by atoms with Crippen LogP contribution in [0.4, 0.5) is 0 Å². The largest absolute Gasteiger partial charge is 0.305 e. The summed E-state index contributed by atoms with van der Waals surface area (Å²) in [5.74, 6) is 0. The van der Waals surface area contributed by atoms with Crippen molar-refractivity contribution in [1.82, 2.24) is 10.2 Å². The topological polar surface area (TPSA) is 15.3 Å². The molecule has 2 nitrogen and oxygen atoms in total. The second-order valence-electron chi connectivity index (χ2n) is 6.72. The Bertz CT molecular complexity index is 601. The highest BCUT2D eigenvalue weighted by Gasteiger charge is 2.25. The van der Waals surface area contributed by atoms with Crippen LogP contribution in [0.15, 0.2) is 48.5 Å². The van der Waals surface area contributed by atoms with E-state index in [1.54, 1.807) is 0 Å². The quantitative estimate of drug-likeness (QED) is 0.925. The van der Waals surface area contributed by atoms with Crippen LogP contribution in [0.1, 0.15) is 35.2 Å². The highest BCUT2D eigenvalue weighted by Crippen LogP contribution is 2.23. The Morgan fingerprint density at radius 2 is 1.68 bits per heavy atom. The zero-order chi connectivity index (χ0) is 15.5. The van der Waals surface area contributed by atoms with Crippen LogP contribution in [0.2, 0.25) is 0 Å². The highest BCUT2D eigenvalue weighted by atomic mass is 15.2. The minimum Gasteiger partial charge on any atom is -0.305 e. The minimum absolute atomic E-state index is 0.422. The van der Waals surface area contributed by atoms with Crippen molar-refractivity contribution in [3.8, 4) is 0 Å². The first-order chi connectivity index (χ1) is 10.6. The first-order valence-corrected chi connectivity index (χ1v) is 8.20. The van der Waals surface area contributed by atoms with Gasteiger partial charge in [-0.2, -0.15) is 0 Å². The predicted molar refractivity (Wildman–Crippen MR) is 93.0 cm³/mol. The number of piperazine rings is 1. The Balaban J connectivity index is 1.75. The van der Waals surface area contributed by atoms with Crippen LogP contribution < -0.4 is 5.32 Å². The van der Waals surface area contributed by atoms with Gasteiger partial charge in [-0.15, -0.1) is 0 Å². The van der Waals surface area contributed by atoms with Crippen molar-refractivity contribution in [1.29, 1.82) is 0 Å². The first-order valence-electron chi connectivity index (χ1n) is 8.20. The van der Waals surface area contributed by atoms with Crippen molar-refractivity contribution in [2.45, 2.75) is 39.4 Å². The average molecular weight is 294 g/mol. The van der Waals surface area contributed by atoms with E-state index in [9.17, 15) is 0 Å². The molecule has 1 aliphatic heterocycles. The monoisotopic (exact) mass is 294 g/mol. The van der Waals surface area contributed by atoms with Crippen LogP contribution in [0.5, 0.6) is 0 Å². The van der Waals surface area contributed by atoms with E-state index in [-0.39, 0.29) is 0 Å². The third-order valence-electron chi connectivity index (χ3n) is 4.35. The zero-order valence-corrected chi connectivity index (χ0v) is 13.8. The van der Waals surface area contributed by atoms with E-state index < -0.39 is 0 Å². The molecule has 0 radical (unpaired) electrons. The van der Waals surface area contributed by atoms with E-state index in [2.05, 4.69) is 79.5 Å². The molecule has 0 amide bonds. The number of nitrogens with zero attached hydrogens (tertiary/aromatic N) is 1. The Morgan fingerprint density at radius 1 is 1.00 bits per heavy atom. The molecule has 1 heterocycles. The molecule has 1 N–H and O–H groups in total. The fraction of sp³-hybridized carbons (Fsp3) is 0.400. The SMILES string of the molecule is Cc1cc(C)cc(C2CN(Cc3ccccc3)CC(C)N2)c1. The average Bonchev–Trinajstić information content (AvgIpc) is 2.46. The van der Waals surface area contributed by atoms with Gasteiger partial charge in [0.2, 0.25) is 0 Å². The summed E-state index contributed by atoms with van der Waals surface area (Å²) in [4.78, 5) is 2.57. The number of rotatable bonds is 3. The molecular weight excluding hydrogens is 268 g/mol. The maximum Gasteiger partial charge on any atom is 0.0452 e. The highest BCUT2D eigenvalue weighted by molar-refractivity contribution is 5.31. The fourth-order valence-corrected chi connectivity index (χ4v) is 3.55. The van der Waals surface area contributed by atoms with Gasteiger partial charge < -0.3 is 5.32 Å². The van der Waals surface area contributed by atoms with Crippen molar-refractivity contribution in [3.63, 3.8) is 0 Å². The van der Waals surface area contributed by atoms with Gasteiger partial charge >= 0.3 is 0 Å². The standard InChI is InChI=1S/C20H26N2/c1-15-9-16(2)11-19(10-15)20-14-22(12-17(3)21-20)13-18-7-5-4-6-8-18/h4-11,17,20-21H,12-14H2,1-3H3. The van der Waals surface area contributed by atoms with Gasteiger partial charge in [0, 0.05) is 31.7 Å². The van der Waals surface area contributed by atoms with Crippen molar-refractivity contribution in [3.05, 3.63) is 70.8 Å². The molecule has 0 bridgehead atoms. The molecule has 1 fully saturated rings. The van der Waals surface area contributed by atoms with E-state index in [0.717, 1.165) is 19.6 Å². The summed E-state index contributed by atoms with van der Waals surface area (Å²) < 4.78 is 0. The van der Waals surface area contributed by atoms with Crippen molar-refractivity contribution in [2.24, 2.45) is 0 Å². The van der Waals surface area contributed by atoms with Gasteiger partial charge in [0.05, 0.1) is 0 Å². The zero-order valence-electron chi connectivity index (χ0n) is 13.8. The van der Waals surface area contributed by atoms with Crippen LogP contribution in [0, 0.1) is 13.8 Å². The Labute approximate surface area is 134 Å². The molecule has 1 aliphatic rings. The lowest BCUT2D eigenvalue weighted by atomic mass is 9.98. The molecule has 0 aromatic heterocycles. The van der Waals surface area contributed by atoms with E-state index in [1.807, 2.05) is 0 Å². The molecule has 2 heteroatoms. The Hall–Kier alpha value is -1.64.